The van der Waals surface area contributed by atoms with Crippen molar-refractivity contribution in [1.29, 1.82) is 0 Å². The first-order valence-corrected chi connectivity index (χ1v) is 7.99. The number of carbonyl (C=O) groups excluding carboxylic acids is 1. The second kappa shape index (κ2) is 5.61. The maximum atomic E-state index is 12.0. The van der Waals surface area contributed by atoms with Crippen molar-refractivity contribution < 1.29 is 4.79 Å². The Balaban J connectivity index is 1.99. The molecule has 0 aromatic carbocycles. The third-order valence-electron chi connectivity index (χ3n) is 4.25. The van der Waals surface area contributed by atoms with Crippen LogP contribution in [0.5, 0.6) is 0 Å². The van der Waals surface area contributed by atoms with Crippen molar-refractivity contribution in [1.82, 2.24) is 4.90 Å². The number of amides is 1. The third-order valence-corrected chi connectivity index (χ3v) is 5.65. The summed E-state index contributed by atoms with van der Waals surface area (Å²) in [4.78, 5) is 14.1. The van der Waals surface area contributed by atoms with Gasteiger partial charge >= 0.3 is 0 Å². The minimum atomic E-state index is -0.244. The number of piperidine rings is 1. The van der Waals surface area contributed by atoms with E-state index in [0.717, 1.165) is 25.9 Å². The molecule has 0 bridgehead atoms. The molecular weight excluding hydrogens is 232 g/mol. The molecular formula is C13H24N2OS. The molecule has 2 aliphatic rings. The maximum Gasteiger partial charge on any atom is 0.239 e. The van der Waals surface area contributed by atoms with Crippen molar-refractivity contribution in [3.8, 4) is 0 Å². The van der Waals surface area contributed by atoms with Gasteiger partial charge in [-0.25, -0.2) is 0 Å². The monoisotopic (exact) mass is 256 g/mol. The standard InChI is InChI=1S/C13H24N2OS/c1-17-13(7-3-2-4-8-13)10-15-9-5-6-11(14)12(15)16/h11H,2-10,14H2,1H3. The highest BCUT2D eigenvalue weighted by Gasteiger charge is 2.36. The number of hydrogen-bond acceptors (Lipinski definition) is 3. The molecule has 1 heterocycles. The van der Waals surface area contributed by atoms with Crippen LogP contribution in [0.1, 0.15) is 44.9 Å². The van der Waals surface area contributed by atoms with E-state index in [0.29, 0.717) is 4.75 Å². The van der Waals surface area contributed by atoms with Crippen molar-refractivity contribution in [3.05, 3.63) is 0 Å². The molecule has 1 amide bonds. The lowest BCUT2D eigenvalue weighted by atomic mass is 9.87. The topological polar surface area (TPSA) is 46.3 Å². The van der Waals surface area contributed by atoms with E-state index in [2.05, 4.69) is 6.26 Å². The number of nitrogens with two attached hydrogens (primary N) is 1. The van der Waals surface area contributed by atoms with Gasteiger partial charge in [0.1, 0.15) is 0 Å². The Morgan fingerprint density at radius 2 is 2.06 bits per heavy atom. The Morgan fingerprint density at radius 3 is 2.71 bits per heavy atom. The zero-order valence-corrected chi connectivity index (χ0v) is 11.6. The summed E-state index contributed by atoms with van der Waals surface area (Å²) < 4.78 is 0.310. The molecule has 3 nitrogen and oxygen atoms in total. The summed E-state index contributed by atoms with van der Waals surface area (Å²) in [6.07, 6.45) is 10.6. The van der Waals surface area contributed by atoms with Crippen molar-refractivity contribution in [3.63, 3.8) is 0 Å². The number of rotatable bonds is 3. The van der Waals surface area contributed by atoms with Crippen LogP contribution >= 0.6 is 11.8 Å². The van der Waals surface area contributed by atoms with Gasteiger partial charge < -0.3 is 10.6 Å². The average molecular weight is 256 g/mol. The average Bonchev–Trinajstić information content (AvgIpc) is 2.36. The second-order valence-electron chi connectivity index (χ2n) is 5.46. The van der Waals surface area contributed by atoms with Crippen molar-refractivity contribution >= 4 is 17.7 Å². The molecule has 0 aromatic heterocycles. The fraction of sp³-hybridized carbons (Fsp3) is 0.923. The van der Waals surface area contributed by atoms with E-state index in [1.54, 1.807) is 0 Å². The largest absolute Gasteiger partial charge is 0.340 e. The zero-order valence-electron chi connectivity index (χ0n) is 10.8. The number of hydrogen-bond donors (Lipinski definition) is 1. The van der Waals surface area contributed by atoms with Crippen LogP contribution in [0.25, 0.3) is 0 Å². The van der Waals surface area contributed by atoms with Crippen LogP contribution in [0, 0.1) is 0 Å². The molecule has 0 aromatic rings. The van der Waals surface area contributed by atoms with Crippen LogP contribution in [0.15, 0.2) is 0 Å². The van der Waals surface area contributed by atoms with Gasteiger partial charge in [-0.2, -0.15) is 11.8 Å². The van der Waals surface area contributed by atoms with Crippen molar-refractivity contribution in [2.45, 2.75) is 55.7 Å². The van der Waals surface area contributed by atoms with E-state index in [1.165, 1.54) is 32.1 Å². The summed E-state index contributed by atoms with van der Waals surface area (Å²) in [7, 11) is 0. The van der Waals surface area contributed by atoms with E-state index in [1.807, 2.05) is 16.7 Å². The molecule has 1 unspecified atom stereocenters. The Morgan fingerprint density at radius 1 is 1.35 bits per heavy atom. The molecule has 98 valence electrons. The van der Waals surface area contributed by atoms with E-state index >= 15 is 0 Å². The van der Waals surface area contributed by atoms with E-state index < -0.39 is 0 Å². The Kier molecular flexibility index (Phi) is 4.36. The number of likely N-dealkylation sites (tertiary alicyclic amines) is 1. The summed E-state index contributed by atoms with van der Waals surface area (Å²) in [5.74, 6) is 0.176. The summed E-state index contributed by atoms with van der Waals surface area (Å²) in [6.45, 7) is 1.83. The Labute approximate surface area is 108 Å². The zero-order chi connectivity index (χ0) is 12.3. The lowest BCUT2D eigenvalue weighted by Gasteiger charge is -2.42. The second-order valence-corrected chi connectivity index (χ2v) is 6.73. The molecule has 0 spiro atoms. The Hall–Kier alpha value is -0.220. The van der Waals surface area contributed by atoms with Crippen LogP contribution in [-0.4, -0.2) is 40.9 Å². The number of carbonyl (C=O) groups is 1. The summed E-state index contributed by atoms with van der Waals surface area (Å²) in [5, 5.41) is 0. The molecule has 1 saturated heterocycles. The highest BCUT2D eigenvalue weighted by Crippen LogP contribution is 2.39. The van der Waals surface area contributed by atoms with Crippen LogP contribution < -0.4 is 5.73 Å². The fourth-order valence-corrected chi connectivity index (χ4v) is 4.08. The molecule has 2 fully saturated rings. The molecule has 1 aliphatic heterocycles. The molecule has 1 saturated carbocycles. The smallest absolute Gasteiger partial charge is 0.239 e. The molecule has 17 heavy (non-hydrogen) atoms. The van der Waals surface area contributed by atoms with Gasteiger partial charge in [0.2, 0.25) is 5.91 Å². The quantitative estimate of drug-likeness (QED) is 0.840. The highest BCUT2D eigenvalue weighted by molar-refractivity contribution is 8.00. The molecule has 1 aliphatic carbocycles. The van der Waals surface area contributed by atoms with Crippen LogP contribution in [0.3, 0.4) is 0 Å². The molecule has 2 rings (SSSR count). The summed E-state index contributed by atoms with van der Waals surface area (Å²) >= 11 is 1.96. The highest BCUT2D eigenvalue weighted by atomic mass is 32.2. The minimum absolute atomic E-state index is 0.176. The Bertz CT molecular complexity index is 277. The van der Waals surface area contributed by atoms with Gasteiger partial charge in [-0.1, -0.05) is 19.3 Å². The predicted octanol–water partition coefficient (Wildman–Crippen LogP) is 2.00. The maximum absolute atomic E-state index is 12.0. The van der Waals surface area contributed by atoms with Gasteiger partial charge in [-0.3, -0.25) is 4.79 Å². The van der Waals surface area contributed by atoms with Gasteiger partial charge in [0.15, 0.2) is 0 Å². The minimum Gasteiger partial charge on any atom is -0.340 e. The van der Waals surface area contributed by atoms with Crippen molar-refractivity contribution in [2.75, 3.05) is 19.3 Å². The van der Waals surface area contributed by atoms with Crippen molar-refractivity contribution in [2.24, 2.45) is 5.73 Å². The van der Waals surface area contributed by atoms with Gasteiger partial charge in [0.25, 0.3) is 0 Å². The van der Waals surface area contributed by atoms with E-state index in [9.17, 15) is 4.79 Å². The van der Waals surface area contributed by atoms with Crippen LogP contribution in [0.2, 0.25) is 0 Å². The van der Waals surface area contributed by atoms with Gasteiger partial charge in [0, 0.05) is 17.8 Å². The lowest BCUT2D eigenvalue weighted by molar-refractivity contribution is -0.135. The molecule has 2 N–H and O–H groups in total. The fourth-order valence-electron chi connectivity index (χ4n) is 3.10. The molecule has 4 heteroatoms. The van der Waals surface area contributed by atoms with Gasteiger partial charge in [-0.05, 0) is 31.9 Å². The third kappa shape index (κ3) is 2.97. The lowest BCUT2D eigenvalue weighted by Crippen LogP contribution is -2.53. The van der Waals surface area contributed by atoms with Gasteiger partial charge in [-0.15, -0.1) is 0 Å². The van der Waals surface area contributed by atoms with Crippen LogP contribution in [0.4, 0.5) is 0 Å². The first-order valence-electron chi connectivity index (χ1n) is 6.76. The van der Waals surface area contributed by atoms with Gasteiger partial charge in [0.05, 0.1) is 6.04 Å². The predicted molar refractivity (Wildman–Crippen MR) is 73.1 cm³/mol. The SMILES string of the molecule is CSC1(CN2CCCC(N)C2=O)CCCCC1. The summed E-state index contributed by atoms with van der Waals surface area (Å²) in [5.41, 5.74) is 5.86. The number of nitrogens with zero attached hydrogens (tertiary/aromatic N) is 1. The summed E-state index contributed by atoms with van der Waals surface area (Å²) in [6, 6.07) is -0.244. The molecule has 0 radical (unpaired) electrons. The first kappa shape index (κ1) is 13.2. The molecule has 1 atom stereocenters. The van der Waals surface area contributed by atoms with E-state index in [-0.39, 0.29) is 11.9 Å². The normalized spacial score (nSPS) is 29.4. The first-order chi connectivity index (χ1) is 8.17. The van der Waals surface area contributed by atoms with Crippen LogP contribution in [-0.2, 0) is 4.79 Å². The number of thioether (sulfide) groups is 1. The van der Waals surface area contributed by atoms with E-state index in [4.69, 9.17) is 5.73 Å².